The van der Waals surface area contributed by atoms with Crippen molar-refractivity contribution in [1.82, 2.24) is 20.1 Å². The molecule has 11 heteroatoms. The van der Waals surface area contributed by atoms with E-state index in [1.54, 1.807) is 19.1 Å². The molecule has 156 valence electrons. The molecule has 0 aliphatic heterocycles. The van der Waals surface area contributed by atoms with Gasteiger partial charge in [0.2, 0.25) is 0 Å². The van der Waals surface area contributed by atoms with Crippen molar-refractivity contribution in [2.45, 2.75) is 6.92 Å². The molecule has 0 fully saturated rings. The lowest BCUT2D eigenvalue weighted by atomic mass is 10.0. The van der Waals surface area contributed by atoms with Crippen LogP contribution in [0.2, 0.25) is 5.02 Å². The number of nitrogens with one attached hydrogen (secondary N) is 2. The van der Waals surface area contributed by atoms with Crippen molar-refractivity contribution >= 4 is 51.3 Å². The lowest BCUT2D eigenvalue weighted by molar-refractivity contribution is -0.107. The van der Waals surface area contributed by atoms with Crippen molar-refractivity contribution < 1.29 is 14.4 Å². The summed E-state index contributed by atoms with van der Waals surface area (Å²) in [4.78, 5) is 40.4. The molecule has 0 radical (unpaired) electrons. The van der Waals surface area contributed by atoms with Gasteiger partial charge >= 0.3 is 0 Å². The van der Waals surface area contributed by atoms with Gasteiger partial charge in [0.05, 0.1) is 34.5 Å². The number of benzene rings is 1. The molecule has 0 atom stereocenters. The highest BCUT2D eigenvalue weighted by Gasteiger charge is 2.22. The highest BCUT2D eigenvalue weighted by molar-refractivity contribution is 9.10. The maximum absolute atomic E-state index is 13.1. The Hall–Kier alpha value is -3.55. The first kappa shape index (κ1) is 22.1. The fraction of sp³-hybridized carbons (Fsp3) is 0.100. The molecule has 3 aromatic rings. The Kier molecular flexibility index (Phi) is 6.79. The number of aromatic nitrogens is 3. The molecular formula is C20H14BrClN6O3. The second-order valence-corrected chi connectivity index (χ2v) is 7.45. The third-order valence-electron chi connectivity index (χ3n) is 4.15. The number of carbonyl (C=O) groups is 3. The molecule has 2 aromatic heterocycles. The summed E-state index contributed by atoms with van der Waals surface area (Å²) in [5.41, 5.74) is 1.08. The Morgan fingerprint density at radius 3 is 2.77 bits per heavy atom. The van der Waals surface area contributed by atoms with Gasteiger partial charge in [0.1, 0.15) is 16.6 Å². The quantitative estimate of drug-likeness (QED) is 0.499. The minimum Gasteiger partial charge on any atom is -0.345 e. The van der Waals surface area contributed by atoms with Crippen LogP contribution < -0.4 is 10.6 Å². The summed E-state index contributed by atoms with van der Waals surface area (Å²) < 4.78 is 1.65. The molecule has 9 nitrogen and oxygen atoms in total. The molecule has 3 rings (SSSR count). The molecule has 2 amide bonds. The van der Waals surface area contributed by atoms with Crippen molar-refractivity contribution in [3.63, 3.8) is 0 Å². The second kappa shape index (κ2) is 9.51. The maximum Gasteiger partial charge on any atom is 0.274 e. The first-order valence-corrected chi connectivity index (χ1v) is 9.97. The average molecular weight is 502 g/mol. The zero-order chi connectivity index (χ0) is 22.5. The number of nitriles is 1. The first-order valence-electron chi connectivity index (χ1n) is 8.80. The van der Waals surface area contributed by atoms with Crippen LogP contribution >= 0.6 is 27.5 Å². The van der Waals surface area contributed by atoms with Crippen LogP contribution in [0.4, 0.5) is 5.69 Å². The van der Waals surface area contributed by atoms with Crippen LogP contribution in [0.15, 0.2) is 41.1 Å². The number of pyridine rings is 1. The zero-order valence-corrected chi connectivity index (χ0v) is 18.4. The van der Waals surface area contributed by atoms with Gasteiger partial charge in [-0.25, -0.2) is 9.67 Å². The molecule has 31 heavy (non-hydrogen) atoms. The molecule has 1 aromatic carbocycles. The molecule has 0 aliphatic carbocycles. The number of hydrogen-bond donors (Lipinski definition) is 2. The zero-order valence-electron chi connectivity index (χ0n) is 16.0. The number of aryl methyl sites for hydroxylation is 1. The smallest absolute Gasteiger partial charge is 0.274 e. The van der Waals surface area contributed by atoms with E-state index in [1.807, 2.05) is 6.07 Å². The van der Waals surface area contributed by atoms with Crippen molar-refractivity contribution in [2.24, 2.45) is 0 Å². The Morgan fingerprint density at radius 2 is 2.10 bits per heavy atom. The Morgan fingerprint density at radius 1 is 1.32 bits per heavy atom. The van der Waals surface area contributed by atoms with E-state index in [0.29, 0.717) is 16.5 Å². The number of anilines is 1. The fourth-order valence-electron chi connectivity index (χ4n) is 2.81. The van der Waals surface area contributed by atoms with Crippen LogP contribution in [-0.4, -0.2) is 39.4 Å². The summed E-state index contributed by atoms with van der Waals surface area (Å²) in [6.07, 6.45) is 2.04. The Balaban J connectivity index is 2.04. The van der Waals surface area contributed by atoms with E-state index in [2.05, 4.69) is 36.6 Å². The van der Waals surface area contributed by atoms with Gasteiger partial charge in [-0.1, -0.05) is 11.6 Å². The highest BCUT2D eigenvalue weighted by Crippen LogP contribution is 2.26. The summed E-state index contributed by atoms with van der Waals surface area (Å²) in [5, 5.41) is 18.8. The first-order chi connectivity index (χ1) is 14.8. The van der Waals surface area contributed by atoms with Crippen LogP contribution in [0, 0.1) is 18.3 Å². The van der Waals surface area contributed by atoms with Gasteiger partial charge < -0.3 is 15.4 Å². The van der Waals surface area contributed by atoms with Crippen molar-refractivity contribution in [2.75, 3.05) is 11.9 Å². The van der Waals surface area contributed by atoms with Gasteiger partial charge in [0.25, 0.3) is 11.8 Å². The minimum absolute atomic E-state index is 0.0488. The van der Waals surface area contributed by atoms with Crippen LogP contribution in [0.25, 0.3) is 5.82 Å². The van der Waals surface area contributed by atoms with Crippen LogP contribution in [0.1, 0.15) is 32.0 Å². The van der Waals surface area contributed by atoms with Gasteiger partial charge in [-0.05, 0) is 52.7 Å². The predicted molar refractivity (Wildman–Crippen MR) is 116 cm³/mol. The highest BCUT2D eigenvalue weighted by atomic mass is 79.9. The third-order valence-corrected chi connectivity index (χ3v) is 4.83. The van der Waals surface area contributed by atoms with E-state index in [4.69, 9.17) is 11.6 Å². The van der Waals surface area contributed by atoms with E-state index >= 15 is 0 Å². The molecule has 0 aliphatic rings. The summed E-state index contributed by atoms with van der Waals surface area (Å²) in [7, 11) is 0. The molecule has 0 saturated heterocycles. The largest absolute Gasteiger partial charge is 0.345 e. The molecule has 2 N–H and O–H groups in total. The fourth-order valence-corrected chi connectivity index (χ4v) is 3.39. The van der Waals surface area contributed by atoms with Crippen LogP contribution in [-0.2, 0) is 4.79 Å². The summed E-state index contributed by atoms with van der Waals surface area (Å²) >= 11 is 9.44. The van der Waals surface area contributed by atoms with Crippen LogP contribution in [0.3, 0.4) is 0 Å². The number of halogens is 2. The third kappa shape index (κ3) is 4.79. The van der Waals surface area contributed by atoms with E-state index in [-0.39, 0.29) is 39.9 Å². The van der Waals surface area contributed by atoms with Crippen molar-refractivity contribution in [3.05, 3.63) is 68.5 Å². The number of nitrogens with zero attached hydrogens (tertiary/aromatic N) is 4. The normalized spacial score (nSPS) is 10.3. The van der Waals surface area contributed by atoms with Crippen LogP contribution in [0.5, 0.6) is 0 Å². The van der Waals surface area contributed by atoms with E-state index in [9.17, 15) is 19.6 Å². The number of rotatable bonds is 6. The molecule has 0 bridgehead atoms. The maximum atomic E-state index is 13.1. The number of aldehydes is 1. The summed E-state index contributed by atoms with van der Waals surface area (Å²) in [6.45, 7) is 1.44. The number of amides is 2. The van der Waals surface area contributed by atoms with E-state index in [0.717, 1.165) is 0 Å². The summed E-state index contributed by atoms with van der Waals surface area (Å²) in [6, 6.07) is 9.58. The summed E-state index contributed by atoms with van der Waals surface area (Å²) in [5.74, 6) is -0.942. The van der Waals surface area contributed by atoms with E-state index in [1.165, 1.54) is 29.1 Å². The lowest BCUT2D eigenvalue weighted by Gasteiger charge is -2.15. The van der Waals surface area contributed by atoms with Crippen molar-refractivity contribution in [1.29, 1.82) is 5.26 Å². The Labute approximate surface area is 190 Å². The van der Waals surface area contributed by atoms with Gasteiger partial charge in [-0.2, -0.15) is 10.4 Å². The minimum atomic E-state index is -0.606. The van der Waals surface area contributed by atoms with Gasteiger partial charge in [-0.15, -0.1) is 0 Å². The monoisotopic (exact) mass is 500 g/mol. The van der Waals surface area contributed by atoms with Gasteiger partial charge in [0.15, 0.2) is 5.82 Å². The number of hydrogen-bond acceptors (Lipinski definition) is 6. The average Bonchev–Trinajstić information content (AvgIpc) is 3.14. The molecule has 2 heterocycles. The van der Waals surface area contributed by atoms with Gasteiger partial charge in [-0.3, -0.25) is 9.59 Å². The lowest BCUT2D eigenvalue weighted by Crippen LogP contribution is -2.27. The Bertz CT molecular complexity index is 1230. The number of carbonyl (C=O) groups excluding carboxylic acids is 3. The molecule has 0 saturated carbocycles. The van der Waals surface area contributed by atoms with E-state index < -0.39 is 11.8 Å². The second-order valence-electron chi connectivity index (χ2n) is 6.23. The van der Waals surface area contributed by atoms with Gasteiger partial charge in [0, 0.05) is 12.3 Å². The van der Waals surface area contributed by atoms with Crippen molar-refractivity contribution in [3.8, 4) is 11.9 Å². The SMILES string of the molecule is Cc1cc(C#N)cc(C(=O)NCC=O)c1NC(=O)c1cc(Br)nn1-c1ncccc1Cl. The standard InChI is InChI=1S/C20H14BrClN6O3/c1-11-7-12(10-23)8-13(19(30)25-5-6-29)17(11)26-20(31)15-9-16(21)27-28(15)18-14(22)3-2-4-24-18/h2-4,6-9H,5H2,1H3,(H,25,30)(H,26,31). The topological polar surface area (TPSA) is 130 Å². The molecule has 0 spiro atoms. The molecular weight excluding hydrogens is 488 g/mol. The predicted octanol–water partition coefficient (Wildman–Crippen LogP) is 3.04. The molecule has 0 unspecified atom stereocenters.